The van der Waals surface area contributed by atoms with E-state index in [9.17, 15) is 14.4 Å². The molecule has 0 radical (unpaired) electrons. The second kappa shape index (κ2) is 9.93. The van der Waals surface area contributed by atoms with Crippen LogP contribution in [0, 0.1) is 0 Å². The van der Waals surface area contributed by atoms with Gasteiger partial charge in [0.2, 0.25) is 0 Å². The van der Waals surface area contributed by atoms with E-state index < -0.39 is 47.7 Å². The van der Waals surface area contributed by atoms with Crippen LogP contribution in [0.3, 0.4) is 0 Å². The first kappa shape index (κ1) is 21.5. The summed E-state index contributed by atoms with van der Waals surface area (Å²) in [5.41, 5.74) is -0.415. The van der Waals surface area contributed by atoms with E-state index in [0.717, 1.165) is 12.8 Å². The molecule has 27 heavy (non-hydrogen) atoms. The van der Waals surface area contributed by atoms with Crippen molar-refractivity contribution in [2.45, 2.75) is 70.3 Å². The largest absolute Gasteiger partial charge is 0.463 e. The molecule has 0 aromatic carbocycles. The zero-order valence-corrected chi connectivity index (χ0v) is 16.7. The van der Waals surface area contributed by atoms with Gasteiger partial charge in [-0.25, -0.2) is 0 Å². The van der Waals surface area contributed by atoms with E-state index in [4.69, 9.17) is 18.9 Å². The highest BCUT2D eigenvalue weighted by atomic mass is 32.2. The number of esters is 3. The lowest BCUT2D eigenvalue weighted by Gasteiger charge is -2.41. The molecule has 2 fully saturated rings. The number of rotatable bonds is 7. The van der Waals surface area contributed by atoms with Gasteiger partial charge in [-0.05, 0) is 6.42 Å². The lowest BCUT2D eigenvalue weighted by atomic mass is 9.97. The van der Waals surface area contributed by atoms with Gasteiger partial charge in [0.05, 0.1) is 0 Å². The number of carbonyl (C=O) groups excluding carboxylic acids is 3. The number of nitrogens with one attached hydrogen (secondary N) is 1. The van der Waals surface area contributed by atoms with E-state index in [0.29, 0.717) is 11.7 Å². The Morgan fingerprint density at radius 1 is 1.11 bits per heavy atom. The van der Waals surface area contributed by atoms with Gasteiger partial charge in [-0.2, -0.15) is 0 Å². The van der Waals surface area contributed by atoms with E-state index in [1.54, 1.807) is 0 Å². The summed E-state index contributed by atoms with van der Waals surface area (Å²) in [6.07, 6.45) is -0.472. The van der Waals surface area contributed by atoms with Crippen molar-refractivity contribution in [1.29, 1.82) is 0 Å². The van der Waals surface area contributed by atoms with Crippen LogP contribution in [0.2, 0.25) is 0 Å². The molecule has 0 aliphatic carbocycles. The van der Waals surface area contributed by atoms with Crippen LogP contribution in [0.1, 0.15) is 40.5 Å². The van der Waals surface area contributed by atoms with Gasteiger partial charge in [-0.3, -0.25) is 19.4 Å². The van der Waals surface area contributed by atoms with Crippen molar-refractivity contribution in [1.82, 2.24) is 5.32 Å². The first-order valence-corrected chi connectivity index (χ1v) is 9.80. The van der Waals surface area contributed by atoms with Crippen molar-refractivity contribution < 1.29 is 33.3 Å². The van der Waals surface area contributed by atoms with Gasteiger partial charge in [0, 0.05) is 27.3 Å². The first-order chi connectivity index (χ1) is 12.8. The van der Waals surface area contributed by atoms with Gasteiger partial charge in [0.15, 0.2) is 17.4 Å². The van der Waals surface area contributed by atoms with Crippen LogP contribution in [-0.2, 0) is 33.3 Å². The maximum atomic E-state index is 11.6. The predicted molar refractivity (Wildman–Crippen MR) is 98.1 cm³/mol. The summed E-state index contributed by atoms with van der Waals surface area (Å²) in [7, 11) is 0. The van der Waals surface area contributed by atoms with Crippen LogP contribution >= 0.6 is 11.8 Å². The molecule has 5 atom stereocenters. The summed E-state index contributed by atoms with van der Waals surface area (Å²) in [4.78, 5) is 38.9. The molecule has 0 amide bonds. The predicted octanol–water partition coefficient (Wildman–Crippen LogP) is 0.999. The fraction of sp³-hybridized carbons (Fsp3) is 0.765. The summed E-state index contributed by atoms with van der Waals surface area (Å²) in [5, 5.41) is 3.89. The molecular formula is C17H26N2O7S. The summed E-state index contributed by atoms with van der Waals surface area (Å²) in [6.45, 7) is 6.46. The van der Waals surface area contributed by atoms with Crippen LogP contribution in [-0.4, -0.2) is 66.0 Å². The molecule has 0 unspecified atom stereocenters. The Morgan fingerprint density at radius 2 is 1.78 bits per heavy atom. The molecule has 0 aromatic rings. The van der Waals surface area contributed by atoms with Crippen LogP contribution in [0.4, 0.5) is 0 Å². The van der Waals surface area contributed by atoms with Crippen LogP contribution in [0.15, 0.2) is 4.99 Å². The number of nitrogens with zero attached hydrogens (tertiary/aromatic N) is 1. The van der Waals surface area contributed by atoms with Crippen molar-refractivity contribution >= 4 is 34.8 Å². The minimum atomic E-state index is -0.907. The van der Waals surface area contributed by atoms with Gasteiger partial charge < -0.3 is 24.3 Å². The molecule has 152 valence electrons. The molecule has 0 bridgehead atoms. The Bertz CT molecular complexity index is 598. The average Bonchev–Trinajstić information content (AvgIpc) is 2.97. The topological polar surface area (TPSA) is 113 Å². The number of hydrogen-bond acceptors (Lipinski definition) is 9. The summed E-state index contributed by atoms with van der Waals surface area (Å²) < 4.78 is 21.9. The zero-order chi connectivity index (χ0) is 20.0. The van der Waals surface area contributed by atoms with Gasteiger partial charge in [-0.15, -0.1) is 0 Å². The Kier molecular flexibility index (Phi) is 7.91. The van der Waals surface area contributed by atoms with Gasteiger partial charge in [0.25, 0.3) is 0 Å². The number of hydrogen-bond donors (Lipinski definition) is 1. The molecular weight excluding hydrogens is 376 g/mol. The molecule has 0 saturated carbocycles. The molecule has 2 rings (SSSR count). The third-order valence-electron chi connectivity index (χ3n) is 3.99. The zero-order valence-electron chi connectivity index (χ0n) is 15.9. The molecule has 1 N–H and O–H groups in total. The summed E-state index contributed by atoms with van der Waals surface area (Å²) in [6, 6.07) is -0.433. The van der Waals surface area contributed by atoms with Crippen molar-refractivity contribution in [2.24, 2.45) is 4.99 Å². The highest BCUT2D eigenvalue weighted by Crippen LogP contribution is 2.36. The fourth-order valence-electron chi connectivity index (χ4n) is 2.86. The molecule has 10 heteroatoms. The van der Waals surface area contributed by atoms with E-state index in [-0.39, 0.29) is 6.61 Å². The number of aliphatic imine (C=N–C) groups is 1. The molecule has 2 aliphatic rings. The number of fused-ring (bicyclic) bond motifs is 1. The number of ether oxygens (including phenoxy) is 4. The Hall–Kier alpha value is -1.81. The van der Waals surface area contributed by atoms with Crippen molar-refractivity contribution in [3.63, 3.8) is 0 Å². The second-order valence-corrected chi connectivity index (χ2v) is 7.41. The van der Waals surface area contributed by atoms with Crippen molar-refractivity contribution in [3.8, 4) is 0 Å². The third kappa shape index (κ3) is 6.10. The Labute approximate surface area is 162 Å². The first-order valence-electron chi connectivity index (χ1n) is 8.92. The highest BCUT2D eigenvalue weighted by Gasteiger charge is 2.53. The molecule has 2 aliphatic heterocycles. The lowest BCUT2D eigenvalue weighted by molar-refractivity contribution is -0.209. The van der Waals surface area contributed by atoms with Gasteiger partial charge in [0.1, 0.15) is 24.2 Å². The normalized spacial score (nSPS) is 31.0. The Morgan fingerprint density at radius 3 is 2.37 bits per heavy atom. The number of amidine groups is 1. The lowest BCUT2D eigenvalue weighted by Crippen LogP contribution is -2.62. The molecule has 2 heterocycles. The second-order valence-electron chi connectivity index (χ2n) is 6.32. The molecule has 2 saturated heterocycles. The van der Waals surface area contributed by atoms with E-state index >= 15 is 0 Å². The third-order valence-corrected chi connectivity index (χ3v) is 5.09. The fourth-order valence-corrected chi connectivity index (χ4v) is 4.02. The van der Waals surface area contributed by atoms with Gasteiger partial charge in [-0.1, -0.05) is 25.1 Å². The number of thioether (sulfide) groups is 1. The van der Waals surface area contributed by atoms with Crippen molar-refractivity contribution in [3.05, 3.63) is 0 Å². The van der Waals surface area contributed by atoms with Crippen molar-refractivity contribution in [2.75, 3.05) is 13.2 Å². The smallest absolute Gasteiger partial charge is 0.303 e. The molecule has 0 spiro atoms. The van der Waals surface area contributed by atoms with Crippen LogP contribution in [0.5, 0.6) is 0 Å². The minimum absolute atomic E-state index is 0.114. The highest BCUT2D eigenvalue weighted by molar-refractivity contribution is 8.14. The minimum Gasteiger partial charge on any atom is -0.463 e. The molecule has 9 nitrogen and oxygen atoms in total. The summed E-state index contributed by atoms with van der Waals surface area (Å²) in [5.74, 6) is -1.54. The maximum absolute atomic E-state index is 11.6. The maximum Gasteiger partial charge on any atom is 0.303 e. The van der Waals surface area contributed by atoms with E-state index in [1.807, 2.05) is 0 Å². The van der Waals surface area contributed by atoms with Crippen LogP contribution in [0.25, 0.3) is 0 Å². The standard InChI is InChI=1S/C17H26N2O7S/c1-5-6-7-18-17-19-13-15(25-11(4)22)14(24-10(3)21)12(8-23-9(2)20)26-16(13)27-17/h12-16H,5-8H2,1-4H3,(H,18,19)/t12-,13-,14-,15-,16-/m1/s1. The SMILES string of the molecule is CCCCN=C1N[C@@H]2[C@@H](OC(C)=O)[C@H](OC(C)=O)[C@@H](COC(C)=O)O[C@@H]2S1. The van der Waals surface area contributed by atoms with Gasteiger partial charge >= 0.3 is 17.9 Å². The molecule has 0 aromatic heterocycles. The van der Waals surface area contributed by atoms with E-state index in [2.05, 4.69) is 17.2 Å². The quantitative estimate of drug-likeness (QED) is 0.378. The Balaban J connectivity index is 2.23. The average molecular weight is 402 g/mol. The van der Waals surface area contributed by atoms with Crippen LogP contribution < -0.4 is 5.32 Å². The number of carbonyl (C=O) groups is 3. The monoisotopic (exact) mass is 402 g/mol. The van der Waals surface area contributed by atoms with E-state index in [1.165, 1.54) is 32.5 Å². The number of unbranched alkanes of at least 4 members (excludes halogenated alkanes) is 1. The summed E-state index contributed by atoms with van der Waals surface area (Å²) >= 11 is 1.38.